The maximum absolute atomic E-state index is 13.7. The van der Waals surface area contributed by atoms with Crippen molar-refractivity contribution >= 4 is 5.69 Å². The number of fused-ring (bicyclic) bond motifs is 2. The van der Waals surface area contributed by atoms with E-state index < -0.39 is 5.95 Å². The fraction of sp³-hybridized carbons (Fsp3) is 0.474. The summed E-state index contributed by atoms with van der Waals surface area (Å²) in [6, 6.07) is 9.35. The average Bonchev–Trinajstić information content (AvgIpc) is 2.66. The maximum atomic E-state index is 13.7. The highest BCUT2D eigenvalue weighted by atomic mass is 19.1. The Kier molecular flexibility index (Phi) is 4.63. The molecule has 0 aromatic carbocycles. The van der Waals surface area contributed by atoms with Crippen LogP contribution in [0.2, 0.25) is 0 Å². The van der Waals surface area contributed by atoms with Crippen molar-refractivity contribution in [2.75, 3.05) is 31.7 Å². The van der Waals surface area contributed by atoms with Gasteiger partial charge in [-0.2, -0.15) is 9.37 Å². The largest absolute Gasteiger partial charge is 0.481 e. The van der Waals surface area contributed by atoms with Gasteiger partial charge in [0.2, 0.25) is 17.7 Å². The van der Waals surface area contributed by atoms with Crippen LogP contribution in [0, 0.1) is 12.0 Å². The molecular weight excluding hydrogens is 335 g/mol. The Morgan fingerprint density at radius 2 is 2.08 bits per heavy atom. The van der Waals surface area contributed by atoms with Crippen molar-refractivity contribution in [3.8, 4) is 11.8 Å². The summed E-state index contributed by atoms with van der Waals surface area (Å²) in [5.74, 6) is 0.328. The van der Waals surface area contributed by atoms with Gasteiger partial charge in [0.15, 0.2) is 0 Å². The van der Waals surface area contributed by atoms with Gasteiger partial charge in [0.1, 0.15) is 0 Å². The number of ether oxygens (including phenoxy) is 2. The number of aromatic nitrogens is 2. The lowest BCUT2D eigenvalue weighted by Gasteiger charge is -2.57. The zero-order valence-corrected chi connectivity index (χ0v) is 15.0. The quantitative estimate of drug-likeness (QED) is 0.740. The van der Waals surface area contributed by atoms with Crippen molar-refractivity contribution in [3.63, 3.8) is 0 Å². The predicted molar refractivity (Wildman–Crippen MR) is 94.9 cm³/mol. The summed E-state index contributed by atoms with van der Waals surface area (Å²) in [7, 11) is 1.62. The molecule has 0 aliphatic carbocycles. The first-order valence-electron chi connectivity index (χ1n) is 8.88. The standard InChI is InChI=1S/C19H22FN4O2/c1-3-26-19-8-14(7-17(20)22-19)23-11-15-6-16(12-23)24(15)10-13-4-5-18(25-2)21-9-13/h4-5,8-9,15-16H,3,6,10-12H2,1-2H3. The molecule has 0 spiro atoms. The van der Waals surface area contributed by atoms with E-state index in [0.29, 0.717) is 30.5 Å². The SMILES string of the molecule is CCOc1cc(N2CC3CC(C2)N3Cc2ccc(OC)nc2)[c]c(F)n1. The second-order valence-electron chi connectivity index (χ2n) is 6.66. The second kappa shape index (κ2) is 7.07. The number of anilines is 1. The summed E-state index contributed by atoms with van der Waals surface area (Å²) >= 11 is 0. The minimum atomic E-state index is -0.619. The van der Waals surface area contributed by atoms with Crippen molar-refractivity contribution in [2.24, 2.45) is 0 Å². The molecule has 3 fully saturated rings. The minimum Gasteiger partial charge on any atom is -0.481 e. The summed E-state index contributed by atoms with van der Waals surface area (Å²) < 4.78 is 24.2. The maximum Gasteiger partial charge on any atom is 0.226 e. The lowest BCUT2D eigenvalue weighted by atomic mass is 9.86. The summed E-state index contributed by atoms with van der Waals surface area (Å²) in [5.41, 5.74) is 1.90. The van der Waals surface area contributed by atoms with Crippen LogP contribution in [0.15, 0.2) is 24.4 Å². The van der Waals surface area contributed by atoms with Crippen LogP contribution in [0.1, 0.15) is 18.9 Å². The van der Waals surface area contributed by atoms with E-state index >= 15 is 0 Å². The molecule has 26 heavy (non-hydrogen) atoms. The van der Waals surface area contributed by atoms with Crippen molar-refractivity contribution in [1.82, 2.24) is 14.9 Å². The zero-order valence-electron chi connectivity index (χ0n) is 15.0. The molecule has 3 saturated heterocycles. The van der Waals surface area contributed by atoms with E-state index in [2.05, 4.69) is 31.9 Å². The first kappa shape index (κ1) is 17.0. The van der Waals surface area contributed by atoms with Gasteiger partial charge in [-0.05, 0) is 18.9 Å². The lowest BCUT2D eigenvalue weighted by Crippen LogP contribution is -2.68. The van der Waals surface area contributed by atoms with Gasteiger partial charge in [-0.25, -0.2) is 4.98 Å². The molecule has 5 rings (SSSR count). The van der Waals surface area contributed by atoms with Crippen molar-refractivity contribution < 1.29 is 13.9 Å². The second-order valence-corrected chi connectivity index (χ2v) is 6.66. The third-order valence-corrected chi connectivity index (χ3v) is 5.05. The van der Waals surface area contributed by atoms with Gasteiger partial charge >= 0.3 is 0 Å². The van der Waals surface area contributed by atoms with Gasteiger partial charge in [0.25, 0.3) is 0 Å². The number of nitrogens with zero attached hydrogens (tertiary/aromatic N) is 4. The first-order valence-corrected chi connectivity index (χ1v) is 8.88. The molecule has 0 saturated carbocycles. The Balaban J connectivity index is 1.42. The first-order chi connectivity index (χ1) is 12.7. The van der Waals surface area contributed by atoms with Crippen LogP contribution in [-0.2, 0) is 6.54 Å². The van der Waals surface area contributed by atoms with Crippen LogP contribution >= 0.6 is 0 Å². The molecule has 2 bridgehead atoms. The highest BCUT2D eigenvalue weighted by Gasteiger charge is 2.44. The van der Waals surface area contributed by atoms with Crippen LogP contribution in [0.3, 0.4) is 0 Å². The molecule has 3 aliphatic rings. The Labute approximate surface area is 152 Å². The van der Waals surface area contributed by atoms with Crippen LogP contribution < -0.4 is 14.4 Å². The summed E-state index contributed by atoms with van der Waals surface area (Å²) in [6.45, 7) is 4.90. The molecule has 1 radical (unpaired) electrons. The van der Waals surface area contributed by atoms with E-state index in [-0.39, 0.29) is 0 Å². The number of halogens is 1. The Morgan fingerprint density at radius 3 is 2.73 bits per heavy atom. The summed E-state index contributed by atoms with van der Waals surface area (Å²) in [6.07, 6.45) is 3.04. The molecule has 137 valence electrons. The van der Waals surface area contributed by atoms with Crippen molar-refractivity contribution in [1.29, 1.82) is 0 Å². The van der Waals surface area contributed by atoms with E-state index in [1.807, 2.05) is 19.2 Å². The van der Waals surface area contributed by atoms with Crippen LogP contribution in [0.25, 0.3) is 0 Å². The molecule has 3 aliphatic heterocycles. The van der Waals surface area contributed by atoms with E-state index in [1.54, 1.807) is 13.2 Å². The molecule has 0 N–H and O–H groups in total. The summed E-state index contributed by atoms with van der Waals surface area (Å²) in [4.78, 5) is 12.7. The van der Waals surface area contributed by atoms with Gasteiger partial charge in [0.05, 0.1) is 25.5 Å². The molecule has 6 nitrogen and oxygen atoms in total. The number of hydrogen-bond donors (Lipinski definition) is 0. The number of methoxy groups -OCH3 is 1. The molecule has 2 aromatic heterocycles. The summed E-state index contributed by atoms with van der Waals surface area (Å²) in [5, 5.41) is 0. The van der Waals surface area contributed by atoms with Crippen molar-refractivity contribution in [2.45, 2.75) is 32.0 Å². The topological polar surface area (TPSA) is 50.7 Å². The van der Waals surface area contributed by atoms with Gasteiger partial charge in [-0.1, -0.05) is 6.07 Å². The van der Waals surface area contributed by atoms with Gasteiger partial charge in [-0.3, -0.25) is 4.90 Å². The predicted octanol–water partition coefficient (Wildman–Crippen LogP) is 2.29. The number of hydrogen-bond acceptors (Lipinski definition) is 6. The van der Waals surface area contributed by atoms with Crippen LogP contribution in [0.5, 0.6) is 11.8 Å². The lowest BCUT2D eigenvalue weighted by molar-refractivity contribution is -0.00857. The normalized spacial score (nSPS) is 22.0. The molecule has 7 heteroatoms. The van der Waals surface area contributed by atoms with E-state index in [4.69, 9.17) is 9.47 Å². The number of pyridine rings is 2. The smallest absolute Gasteiger partial charge is 0.226 e. The molecule has 2 atom stereocenters. The molecule has 2 unspecified atom stereocenters. The van der Waals surface area contributed by atoms with E-state index in [9.17, 15) is 4.39 Å². The number of piperazine rings is 1. The zero-order chi connectivity index (χ0) is 18.1. The van der Waals surface area contributed by atoms with Crippen LogP contribution in [0.4, 0.5) is 10.1 Å². The average molecular weight is 357 g/mol. The highest BCUT2D eigenvalue weighted by molar-refractivity contribution is 5.49. The molecule has 2 aromatic rings. The van der Waals surface area contributed by atoms with Crippen LogP contribution in [-0.4, -0.2) is 53.8 Å². The fourth-order valence-electron chi connectivity index (χ4n) is 3.79. The Morgan fingerprint density at radius 1 is 1.27 bits per heavy atom. The van der Waals surface area contributed by atoms with Gasteiger partial charge in [0, 0.05) is 50.0 Å². The third-order valence-electron chi connectivity index (χ3n) is 5.05. The van der Waals surface area contributed by atoms with E-state index in [0.717, 1.165) is 25.3 Å². The minimum absolute atomic E-state index is 0.319. The van der Waals surface area contributed by atoms with Gasteiger partial charge < -0.3 is 14.4 Å². The number of rotatable bonds is 6. The fourth-order valence-corrected chi connectivity index (χ4v) is 3.79. The van der Waals surface area contributed by atoms with E-state index in [1.165, 1.54) is 12.0 Å². The van der Waals surface area contributed by atoms with Gasteiger partial charge in [-0.15, -0.1) is 0 Å². The molecular formula is C19H22FN4O2. The number of piperidine rings is 1. The monoisotopic (exact) mass is 357 g/mol. The highest BCUT2D eigenvalue weighted by Crippen LogP contribution is 2.36. The Hall–Kier alpha value is -2.41. The van der Waals surface area contributed by atoms with Crippen molar-refractivity contribution in [3.05, 3.63) is 42.0 Å². The Bertz CT molecular complexity index is 759. The third kappa shape index (κ3) is 3.31. The molecule has 0 amide bonds. The molecule has 5 heterocycles.